The molecule has 6 nitrogen and oxygen atoms in total. The van der Waals surface area contributed by atoms with Gasteiger partial charge in [0, 0.05) is 23.3 Å². The van der Waals surface area contributed by atoms with Crippen molar-refractivity contribution in [1.82, 2.24) is 0 Å². The molecule has 22 heavy (non-hydrogen) atoms. The number of hydrogen-bond donors (Lipinski definition) is 1. The maximum Gasteiger partial charge on any atom is 0.269 e. The molecule has 0 aromatic heterocycles. The van der Waals surface area contributed by atoms with Gasteiger partial charge in [0.25, 0.3) is 5.69 Å². The molecule has 6 heteroatoms. The monoisotopic (exact) mass is 301 g/mol. The molecular formula is C16H15NO5. The summed E-state index contributed by atoms with van der Waals surface area (Å²) in [5.74, 6) is -1.24. The maximum absolute atomic E-state index is 11.0. The van der Waals surface area contributed by atoms with E-state index in [1.807, 2.05) is 30.3 Å². The summed E-state index contributed by atoms with van der Waals surface area (Å²) in [5.41, 5.74) is 1.22. The summed E-state index contributed by atoms with van der Waals surface area (Å²) >= 11 is 0. The summed E-state index contributed by atoms with van der Waals surface area (Å²) < 4.78 is 11.8. The maximum atomic E-state index is 11.0. The lowest BCUT2D eigenvalue weighted by Gasteiger charge is -2.28. The fourth-order valence-electron chi connectivity index (χ4n) is 2.55. The minimum atomic E-state index is -1.24. The second kappa shape index (κ2) is 5.84. The highest BCUT2D eigenvalue weighted by Crippen LogP contribution is 2.41. The van der Waals surface area contributed by atoms with Crippen molar-refractivity contribution in [3.63, 3.8) is 0 Å². The molecule has 1 saturated heterocycles. The van der Waals surface area contributed by atoms with Crippen molar-refractivity contribution in [3.8, 4) is 0 Å². The van der Waals surface area contributed by atoms with E-state index in [4.69, 9.17) is 9.47 Å². The van der Waals surface area contributed by atoms with Gasteiger partial charge in [0.1, 0.15) is 6.10 Å². The second-order valence-electron chi connectivity index (χ2n) is 5.02. The number of non-ortho nitro benzene ring substituents is 1. The minimum absolute atomic E-state index is 0.0348. The SMILES string of the molecule is O=[N+]([O-])c1cccc(C2(c3ccccc3)OCC(CO)O2)c1. The molecule has 114 valence electrons. The number of nitrogens with zero attached hydrogens (tertiary/aromatic N) is 1. The van der Waals surface area contributed by atoms with Crippen molar-refractivity contribution in [1.29, 1.82) is 0 Å². The first-order valence-electron chi connectivity index (χ1n) is 6.89. The minimum Gasteiger partial charge on any atom is -0.394 e. The van der Waals surface area contributed by atoms with Gasteiger partial charge in [0.15, 0.2) is 0 Å². The van der Waals surface area contributed by atoms with E-state index in [1.54, 1.807) is 12.1 Å². The largest absolute Gasteiger partial charge is 0.394 e. The fraction of sp³-hybridized carbons (Fsp3) is 0.250. The molecule has 1 aliphatic heterocycles. The van der Waals surface area contributed by atoms with Gasteiger partial charge in [-0.1, -0.05) is 42.5 Å². The Morgan fingerprint density at radius 1 is 1.18 bits per heavy atom. The summed E-state index contributed by atoms with van der Waals surface area (Å²) in [6.07, 6.45) is -0.473. The highest BCUT2D eigenvalue weighted by atomic mass is 16.7. The van der Waals surface area contributed by atoms with Crippen LogP contribution in [0, 0.1) is 10.1 Å². The van der Waals surface area contributed by atoms with Gasteiger partial charge >= 0.3 is 0 Å². The first-order valence-corrected chi connectivity index (χ1v) is 6.89. The fourth-order valence-corrected chi connectivity index (χ4v) is 2.55. The Labute approximate surface area is 127 Å². The van der Waals surface area contributed by atoms with Gasteiger partial charge in [0.2, 0.25) is 5.79 Å². The van der Waals surface area contributed by atoms with Gasteiger partial charge in [0.05, 0.1) is 18.1 Å². The van der Waals surface area contributed by atoms with E-state index in [-0.39, 0.29) is 18.9 Å². The number of aliphatic hydroxyl groups excluding tert-OH is 1. The lowest BCUT2D eigenvalue weighted by atomic mass is 9.97. The molecule has 0 radical (unpaired) electrons. The van der Waals surface area contributed by atoms with Gasteiger partial charge in [-0.2, -0.15) is 0 Å². The Morgan fingerprint density at radius 3 is 2.55 bits per heavy atom. The molecule has 2 aromatic rings. The average Bonchev–Trinajstić information content (AvgIpc) is 3.01. The van der Waals surface area contributed by atoms with E-state index in [9.17, 15) is 15.2 Å². The van der Waals surface area contributed by atoms with Crippen LogP contribution in [0.4, 0.5) is 5.69 Å². The first kappa shape index (κ1) is 14.6. The number of nitro groups is 1. The van der Waals surface area contributed by atoms with Crippen LogP contribution in [0.25, 0.3) is 0 Å². The van der Waals surface area contributed by atoms with Crippen molar-refractivity contribution < 1.29 is 19.5 Å². The van der Waals surface area contributed by atoms with E-state index in [0.29, 0.717) is 5.56 Å². The predicted octanol–water partition coefficient (Wildman–Crippen LogP) is 2.20. The van der Waals surface area contributed by atoms with Crippen LogP contribution in [0.3, 0.4) is 0 Å². The third-order valence-corrected chi connectivity index (χ3v) is 3.60. The van der Waals surface area contributed by atoms with Crippen molar-refractivity contribution in [2.24, 2.45) is 0 Å². The van der Waals surface area contributed by atoms with Crippen molar-refractivity contribution in [2.45, 2.75) is 11.9 Å². The summed E-state index contributed by atoms with van der Waals surface area (Å²) in [5, 5.41) is 20.3. The van der Waals surface area contributed by atoms with Gasteiger partial charge in [-0.15, -0.1) is 0 Å². The molecule has 3 rings (SSSR count). The smallest absolute Gasteiger partial charge is 0.269 e. The molecule has 0 saturated carbocycles. The first-order chi connectivity index (χ1) is 10.7. The van der Waals surface area contributed by atoms with E-state index in [0.717, 1.165) is 5.56 Å². The van der Waals surface area contributed by atoms with Crippen LogP contribution in [-0.2, 0) is 15.3 Å². The number of hydrogen-bond acceptors (Lipinski definition) is 5. The summed E-state index contributed by atoms with van der Waals surface area (Å²) in [6, 6.07) is 15.4. The third kappa shape index (κ3) is 2.48. The van der Waals surface area contributed by atoms with Gasteiger partial charge in [-0.05, 0) is 0 Å². The lowest BCUT2D eigenvalue weighted by molar-refractivity contribution is -0.385. The van der Waals surface area contributed by atoms with Crippen molar-refractivity contribution in [3.05, 3.63) is 75.8 Å². The van der Waals surface area contributed by atoms with E-state index >= 15 is 0 Å². The molecular weight excluding hydrogens is 286 g/mol. The molecule has 0 amide bonds. The molecule has 1 N–H and O–H groups in total. The van der Waals surface area contributed by atoms with Crippen LogP contribution in [0.2, 0.25) is 0 Å². The lowest BCUT2D eigenvalue weighted by Crippen LogP contribution is -2.30. The zero-order chi connectivity index (χ0) is 15.6. The molecule has 0 spiro atoms. The molecule has 2 atom stereocenters. The highest BCUT2D eigenvalue weighted by molar-refractivity contribution is 5.41. The van der Waals surface area contributed by atoms with Crippen LogP contribution in [-0.4, -0.2) is 29.3 Å². The Morgan fingerprint density at radius 2 is 1.91 bits per heavy atom. The quantitative estimate of drug-likeness (QED) is 0.691. The molecule has 0 aliphatic carbocycles. The van der Waals surface area contributed by atoms with Crippen molar-refractivity contribution >= 4 is 5.69 Å². The van der Waals surface area contributed by atoms with Gasteiger partial charge < -0.3 is 14.6 Å². The molecule has 2 aromatic carbocycles. The number of aliphatic hydroxyl groups is 1. The van der Waals surface area contributed by atoms with E-state index < -0.39 is 16.8 Å². The summed E-state index contributed by atoms with van der Waals surface area (Å²) in [6.45, 7) is 0.0393. The number of nitro benzene ring substituents is 1. The average molecular weight is 301 g/mol. The Hall–Kier alpha value is -2.28. The highest BCUT2D eigenvalue weighted by Gasteiger charge is 2.45. The van der Waals surface area contributed by atoms with Crippen LogP contribution in [0.1, 0.15) is 11.1 Å². The number of benzene rings is 2. The predicted molar refractivity (Wildman–Crippen MR) is 78.2 cm³/mol. The second-order valence-corrected chi connectivity index (χ2v) is 5.02. The molecule has 0 bridgehead atoms. The molecule has 2 unspecified atom stereocenters. The Bertz CT molecular complexity index is 675. The summed E-state index contributed by atoms with van der Waals surface area (Å²) in [4.78, 5) is 10.6. The topological polar surface area (TPSA) is 81.8 Å². The number of rotatable bonds is 4. The molecule has 1 heterocycles. The van der Waals surface area contributed by atoms with Gasteiger partial charge in [-0.3, -0.25) is 10.1 Å². The normalized spacial score (nSPS) is 24.3. The zero-order valence-electron chi connectivity index (χ0n) is 11.7. The van der Waals surface area contributed by atoms with Crippen LogP contribution in [0.15, 0.2) is 54.6 Å². The summed E-state index contributed by atoms with van der Waals surface area (Å²) in [7, 11) is 0. The zero-order valence-corrected chi connectivity index (χ0v) is 11.7. The van der Waals surface area contributed by atoms with Crippen LogP contribution >= 0.6 is 0 Å². The Balaban J connectivity index is 2.11. The third-order valence-electron chi connectivity index (χ3n) is 3.60. The molecule has 1 aliphatic rings. The van der Waals surface area contributed by atoms with Gasteiger partial charge in [-0.25, -0.2) is 0 Å². The van der Waals surface area contributed by atoms with Crippen LogP contribution in [0.5, 0.6) is 0 Å². The van der Waals surface area contributed by atoms with E-state index in [2.05, 4.69) is 0 Å². The van der Waals surface area contributed by atoms with Crippen LogP contribution < -0.4 is 0 Å². The Kier molecular flexibility index (Phi) is 3.89. The standard InChI is InChI=1S/C16H15NO5/c18-10-15-11-21-16(22-15,12-5-2-1-3-6-12)13-7-4-8-14(9-13)17(19)20/h1-9,15,18H,10-11H2. The van der Waals surface area contributed by atoms with Crippen molar-refractivity contribution in [2.75, 3.05) is 13.2 Å². The van der Waals surface area contributed by atoms with E-state index in [1.165, 1.54) is 12.1 Å². The molecule has 1 fully saturated rings. The number of ether oxygens (including phenoxy) is 2.